The van der Waals surface area contributed by atoms with Crippen LogP contribution in [0.4, 0.5) is 0 Å². The number of hydrogen-bond acceptors (Lipinski definition) is 13. The zero-order valence-electron chi connectivity index (χ0n) is 47.7. The molecular weight excluding hydrogens is 1140 g/mol. The van der Waals surface area contributed by atoms with Gasteiger partial charge in [-0.1, -0.05) is 65.7 Å². The molecule has 18 heteroatoms. The molecule has 1 N–H and O–H groups in total. The minimum absolute atomic E-state index is 0.457. The number of methoxy groups -OCH3 is 1. The highest BCUT2D eigenvalue weighted by molar-refractivity contribution is 7.22. The molecular formula is C66H58Cl2N8O6S2. The molecule has 0 unspecified atom stereocenters. The van der Waals surface area contributed by atoms with Gasteiger partial charge in [0.15, 0.2) is 12.2 Å². The summed E-state index contributed by atoms with van der Waals surface area (Å²) in [6, 6.07) is 44.8. The van der Waals surface area contributed by atoms with Crippen molar-refractivity contribution in [3.63, 3.8) is 0 Å². The molecule has 0 bridgehead atoms. The molecule has 0 spiro atoms. The van der Waals surface area contributed by atoms with E-state index in [1.165, 1.54) is 18.4 Å². The van der Waals surface area contributed by atoms with Gasteiger partial charge in [-0.05, 0) is 162 Å². The van der Waals surface area contributed by atoms with E-state index in [4.69, 9.17) is 57.6 Å². The average Bonchev–Trinajstić information content (AvgIpc) is 3.03. The molecule has 0 saturated heterocycles. The lowest BCUT2D eigenvalue weighted by Gasteiger charge is -2.28. The third-order valence-electron chi connectivity index (χ3n) is 13.9. The van der Waals surface area contributed by atoms with E-state index in [0.717, 1.165) is 120 Å². The van der Waals surface area contributed by atoms with Gasteiger partial charge < -0.3 is 19.3 Å². The number of pyridine rings is 2. The third-order valence-corrected chi connectivity index (χ3v) is 16.7. The van der Waals surface area contributed by atoms with Crippen molar-refractivity contribution in [3.05, 3.63) is 179 Å². The van der Waals surface area contributed by atoms with E-state index in [1.54, 1.807) is 35.9 Å². The Morgan fingerprint density at radius 2 is 1.04 bits per heavy atom. The lowest BCUT2D eigenvalue weighted by atomic mass is 9.91. The second kappa shape index (κ2) is 23.1. The van der Waals surface area contributed by atoms with Gasteiger partial charge in [-0.3, -0.25) is 19.3 Å². The SMILES string of the molecule is COC(=O)[C@@H](OC(C)(C)C)c1c(C)cc2nc(-c3ccc4c(c3)c(-c3ccccn3)nn4C)sc2c1-c1ccc(Cl)cc1.Cn1nc(-c2ccccn2)c2cc(-c3nc4ccc([C@H](OC(C)(C)C)C(=O)O)c(-c5ccc(Cl)cc5)c4s3)ccc21. The zero-order valence-corrected chi connectivity index (χ0v) is 50.9. The second-order valence-corrected chi connectivity index (χ2v) is 25.1. The molecule has 12 aromatic rings. The van der Waals surface area contributed by atoms with Crippen molar-refractivity contribution in [1.82, 2.24) is 39.5 Å². The quantitative estimate of drug-likeness (QED) is 0.115. The largest absolute Gasteiger partial charge is 0.479 e. The van der Waals surface area contributed by atoms with E-state index < -0.39 is 35.3 Å². The Morgan fingerprint density at radius 1 is 0.571 bits per heavy atom. The number of nitrogens with zero attached hydrogens (tertiary/aromatic N) is 8. The molecule has 0 fully saturated rings. The average molecular weight is 1190 g/mol. The minimum atomic E-state index is -1.16. The van der Waals surface area contributed by atoms with Crippen molar-refractivity contribution < 1.29 is 28.9 Å². The first-order chi connectivity index (χ1) is 40.1. The van der Waals surface area contributed by atoms with Crippen molar-refractivity contribution in [3.8, 4) is 66.2 Å². The molecule has 0 aliphatic rings. The summed E-state index contributed by atoms with van der Waals surface area (Å²) >= 11 is 15.6. The highest BCUT2D eigenvalue weighted by Crippen LogP contribution is 2.47. The number of thiazole rings is 2. The van der Waals surface area contributed by atoms with Crippen LogP contribution < -0.4 is 0 Å². The number of carboxylic acids is 1. The summed E-state index contributed by atoms with van der Waals surface area (Å²) in [4.78, 5) is 44.8. The molecule has 424 valence electrons. The lowest BCUT2D eigenvalue weighted by molar-refractivity contribution is -0.164. The first-order valence-electron chi connectivity index (χ1n) is 27.0. The van der Waals surface area contributed by atoms with Gasteiger partial charge in [0, 0.05) is 80.7 Å². The Hall–Kier alpha value is -8.22. The first kappa shape index (κ1) is 57.6. The molecule has 0 aliphatic carbocycles. The van der Waals surface area contributed by atoms with E-state index in [2.05, 4.69) is 34.2 Å². The summed E-state index contributed by atoms with van der Waals surface area (Å²) in [5.74, 6) is -1.51. The maximum atomic E-state index is 13.2. The van der Waals surface area contributed by atoms with Gasteiger partial charge >= 0.3 is 11.9 Å². The number of hydrogen-bond donors (Lipinski definition) is 1. The number of carbonyl (C=O) groups is 2. The molecule has 6 aromatic carbocycles. The number of carbonyl (C=O) groups excluding carboxylic acids is 1. The van der Waals surface area contributed by atoms with E-state index in [-0.39, 0.29) is 0 Å². The van der Waals surface area contributed by atoms with Gasteiger partial charge in [0.25, 0.3) is 0 Å². The fraction of sp³-hybridized carbons (Fsp3) is 0.212. The fourth-order valence-corrected chi connectivity index (χ4v) is 12.8. The van der Waals surface area contributed by atoms with Gasteiger partial charge in [0.2, 0.25) is 0 Å². The van der Waals surface area contributed by atoms with Crippen molar-refractivity contribution in [2.45, 2.75) is 71.9 Å². The summed E-state index contributed by atoms with van der Waals surface area (Å²) in [6.07, 6.45) is 1.44. The van der Waals surface area contributed by atoms with Crippen molar-refractivity contribution in [2.75, 3.05) is 7.11 Å². The molecule has 0 amide bonds. The topological polar surface area (TPSA) is 169 Å². The number of benzene rings is 6. The summed E-state index contributed by atoms with van der Waals surface area (Å²) in [7, 11) is 5.24. The van der Waals surface area contributed by atoms with Crippen LogP contribution in [0, 0.1) is 6.92 Å². The van der Waals surface area contributed by atoms with E-state index in [1.807, 2.05) is 175 Å². The fourth-order valence-electron chi connectivity index (χ4n) is 10.3. The third kappa shape index (κ3) is 11.7. The minimum Gasteiger partial charge on any atom is -0.479 e. The Balaban J connectivity index is 0.000000176. The molecule has 12 rings (SSSR count). The number of rotatable bonds is 12. The van der Waals surface area contributed by atoms with Crippen molar-refractivity contribution in [2.24, 2.45) is 14.1 Å². The number of aryl methyl sites for hydroxylation is 3. The predicted molar refractivity (Wildman–Crippen MR) is 338 cm³/mol. The van der Waals surface area contributed by atoms with Crippen LogP contribution in [0.25, 0.3) is 108 Å². The van der Waals surface area contributed by atoms with Crippen LogP contribution in [-0.4, -0.2) is 74.9 Å². The highest BCUT2D eigenvalue weighted by atomic mass is 35.5. The van der Waals surface area contributed by atoms with Gasteiger partial charge in [-0.2, -0.15) is 10.2 Å². The van der Waals surface area contributed by atoms with E-state index >= 15 is 0 Å². The van der Waals surface area contributed by atoms with Crippen molar-refractivity contribution >= 4 is 100 Å². The Bertz CT molecular complexity index is 4450. The van der Waals surface area contributed by atoms with Crippen LogP contribution in [0.5, 0.6) is 0 Å². The standard InChI is InChI=1S/C34H31ClN4O3S.C32H27ClN4O3S/c1-19-17-25-31(28(20-10-13-22(35)14-11-20)27(19)30(33(40)41-6)42-34(2,3)4)43-32(37-25)21-12-15-26-23(18-21)29(38-39(26)5)24-9-7-8-16-36-24;1-32(2,3)40-28(31(38)39)21-13-14-24-29(26(21)18-8-11-20(33)12-9-18)41-30(35-24)19-10-15-25-22(17-19)27(36-37(25)4)23-7-5-6-16-34-23/h7-18,30H,1-6H3;5-17,28H,1-4H3,(H,38,39)/t30-;28-/m00/s1. The van der Waals surface area contributed by atoms with Gasteiger partial charge in [-0.25, -0.2) is 19.6 Å². The molecule has 6 heterocycles. The van der Waals surface area contributed by atoms with Gasteiger partial charge in [-0.15, -0.1) is 22.7 Å². The molecule has 0 aliphatic heterocycles. The van der Waals surface area contributed by atoms with Crippen LogP contribution in [0.2, 0.25) is 10.0 Å². The monoisotopic (exact) mass is 1190 g/mol. The summed E-state index contributed by atoms with van der Waals surface area (Å²) < 4.78 is 23.2. The number of halogens is 2. The molecule has 84 heavy (non-hydrogen) atoms. The Kier molecular flexibility index (Phi) is 15.8. The molecule has 6 aromatic heterocycles. The van der Waals surface area contributed by atoms with E-state index in [0.29, 0.717) is 15.6 Å². The maximum absolute atomic E-state index is 13.2. The van der Waals surface area contributed by atoms with Crippen molar-refractivity contribution in [1.29, 1.82) is 0 Å². The molecule has 0 radical (unpaired) electrons. The van der Waals surface area contributed by atoms with Crippen LogP contribution in [0.1, 0.15) is 70.4 Å². The number of carboxylic acid groups (broad SMARTS) is 1. The lowest BCUT2D eigenvalue weighted by Crippen LogP contribution is -2.29. The number of esters is 1. The highest BCUT2D eigenvalue weighted by Gasteiger charge is 2.34. The number of fused-ring (bicyclic) bond motifs is 4. The summed E-state index contributed by atoms with van der Waals surface area (Å²) in [5, 5.41) is 24.6. The number of aliphatic carboxylic acids is 1. The van der Waals surface area contributed by atoms with E-state index in [9.17, 15) is 14.7 Å². The summed E-state index contributed by atoms with van der Waals surface area (Å²) in [6.45, 7) is 13.3. The number of ether oxygens (including phenoxy) is 3. The van der Waals surface area contributed by atoms with Gasteiger partial charge in [0.05, 0.1) is 61.2 Å². The van der Waals surface area contributed by atoms with Crippen LogP contribution in [0.3, 0.4) is 0 Å². The Morgan fingerprint density at radius 3 is 1.50 bits per heavy atom. The molecule has 2 atom stereocenters. The maximum Gasteiger partial charge on any atom is 0.339 e. The van der Waals surface area contributed by atoms with Gasteiger partial charge in [0.1, 0.15) is 21.4 Å². The second-order valence-electron chi connectivity index (χ2n) is 22.2. The number of aromatic nitrogens is 8. The summed E-state index contributed by atoms with van der Waals surface area (Å²) in [5.41, 5.74) is 13.1. The molecule has 0 saturated carbocycles. The Labute approximate surface area is 503 Å². The normalized spacial score (nSPS) is 12.7. The van der Waals surface area contributed by atoms with Crippen LogP contribution in [0.15, 0.2) is 152 Å². The predicted octanol–water partition coefficient (Wildman–Crippen LogP) is 16.7. The van der Waals surface area contributed by atoms with Crippen LogP contribution in [-0.2, 0) is 37.9 Å². The first-order valence-corrected chi connectivity index (χ1v) is 29.3. The van der Waals surface area contributed by atoms with Crippen LogP contribution >= 0.6 is 45.9 Å². The molecule has 14 nitrogen and oxygen atoms in total. The zero-order chi connectivity index (χ0) is 59.4. The smallest absolute Gasteiger partial charge is 0.339 e.